The van der Waals surface area contributed by atoms with E-state index in [9.17, 15) is 0 Å². The van der Waals surface area contributed by atoms with Gasteiger partial charge in [-0.05, 0) is 45.5 Å². The summed E-state index contributed by atoms with van der Waals surface area (Å²) < 4.78 is 13.3. The van der Waals surface area contributed by atoms with Crippen LogP contribution in [-0.2, 0) is 8.85 Å². The highest BCUT2D eigenvalue weighted by atomic mass is 28.4. The summed E-state index contributed by atoms with van der Waals surface area (Å²) in [6.07, 6.45) is 3.32. The Bertz CT molecular complexity index is 278. The van der Waals surface area contributed by atoms with Crippen LogP contribution in [0.5, 0.6) is 0 Å². The second-order valence-electron chi connectivity index (χ2n) is 8.03. The largest absolute Gasteiger partial charge is 0.418 e. The van der Waals surface area contributed by atoms with E-state index in [-0.39, 0.29) is 5.22 Å². The zero-order valence-corrected chi connectivity index (χ0v) is 18.7. The van der Waals surface area contributed by atoms with Gasteiger partial charge in [-0.15, -0.1) is 0 Å². The standard InChI is InChI=1S/C15H38O2Si3/c1-11-14(19(5,6)7)16-18(4)15(12-2,13-3)17-20(8,9)10/h14,18H,11-13H2,1-10H3. The topological polar surface area (TPSA) is 18.5 Å². The van der Waals surface area contributed by atoms with E-state index in [0.717, 1.165) is 19.3 Å². The summed E-state index contributed by atoms with van der Waals surface area (Å²) in [4.78, 5) is 0. The SMILES string of the molecule is CCC(O[SiH](C)C(CC)(CC)O[Si](C)(C)C)[Si](C)(C)C. The summed E-state index contributed by atoms with van der Waals surface area (Å²) in [6, 6.07) is 0. The molecule has 2 atom stereocenters. The highest BCUT2D eigenvalue weighted by Crippen LogP contribution is 2.31. The molecule has 0 spiro atoms. The molecule has 2 unspecified atom stereocenters. The molecule has 2 nitrogen and oxygen atoms in total. The minimum atomic E-state index is -1.54. The first-order valence-electron chi connectivity index (χ1n) is 8.27. The van der Waals surface area contributed by atoms with Gasteiger partial charge in [0.15, 0.2) is 8.32 Å². The third-order valence-electron chi connectivity index (χ3n) is 4.15. The first-order valence-corrected chi connectivity index (χ1v) is 17.5. The van der Waals surface area contributed by atoms with E-state index < -0.39 is 25.4 Å². The fourth-order valence-electron chi connectivity index (χ4n) is 2.95. The average Bonchev–Trinajstić information content (AvgIpc) is 2.29. The summed E-state index contributed by atoms with van der Waals surface area (Å²) in [5.41, 5.74) is 0.479. The Kier molecular flexibility index (Phi) is 7.94. The fourth-order valence-corrected chi connectivity index (χ4v) is 11.7. The summed E-state index contributed by atoms with van der Waals surface area (Å²) in [7, 11) is -4.16. The van der Waals surface area contributed by atoms with Gasteiger partial charge in [0.2, 0.25) is 9.04 Å². The van der Waals surface area contributed by atoms with Crippen LogP contribution >= 0.6 is 0 Å². The van der Waals surface area contributed by atoms with E-state index in [1.54, 1.807) is 0 Å². The van der Waals surface area contributed by atoms with E-state index in [2.05, 4.69) is 66.6 Å². The van der Waals surface area contributed by atoms with Crippen LogP contribution in [0.15, 0.2) is 0 Å². The van der Waals surface area contributed by atoms with Gasteiger partial charge in [-0.3, -0.25) is 0 Å². The molecule has 0 saturated heterocycles. The van der Waals surface area contributed by atoms with Gasteiger partial charge < -0.3 is 8.85 Å². The molecule has 0 radical (unpaired) electrons. The number of rotatable bonds is 9. The Morgan fingerprint density at radius 3 is 1.65 bits per heavy atom. The molecule has 20 heavy (non-hydrogen) atoms. The molecule has 0 aliphatic heterocycles. The summed E-state index contributed by atoms with van der Waals surface area (Å²) in [5.74, 6) is 0. The lowest BCUT2D eigenvalue weighted by Crippen LogP contribution is -2.56. The summed E-state index contributed by atoms with van der Waals surface area (Å²) >= 11 is 0. The molecule has 0 fully saturated rings. The number of hydrogen-bond acceptors (Lipinski definition) is 2. The Labute approximate surface area is 131 Å². The van der Waals surface area contributed by atoms with Crippen molar-refractivity contribution in [3.63, 3.8) is 0 Å². The lowest BCUT2D eigenvalue weighted by atomic mass is 10.2. The van der Waals surface area contributed by atoms with Crippen molar-refractivity contribution in [2.45, 2.75) is 96.8 Å². The molecule has 0 rings (SSSR count). The molecular formula is C15H38O2Si3. The van der Waals surface area contributed by atoms with Crippen LogP contribution in [0.2, 0.25) is 45.8 Å². The predicted octanol–water partition coefficient (Wildman–Crippen LogP) is 4.96. The maximum absolute atomic E-state index is 6.66. The van der Waals surface area contributed by atoms with Crippen LogP contribution in [0, 0.1) is 0 Å². The average molecular weight is 335 g/mol. The zero-order chi connectivity index (χ0) is 16.2. The van der Waals surface area contributed by atoms with Crippen LogP contribution < -0.4 is 0 Å². The molecule has 122 valence electrons. The molecule has 0 heterocycles. The van der Waals surface area contributed by atoms with Crippen molar-refractivity contribution in [2.24, 2.45) is 0 Å². The van der Waals surface area contributed by atoms with Crippen molar-refractivity contribution >= 4 is 25.4 Å². The third-order valence-corrected chi connectivity index (χ3v) is 11.3. The van der Waals surface area contributed by atoms with Gasteiger partial charge in [-0.2, -0.15) is 0 Å². The molecular weight excluding hydrogens is 296 g/mol. The molecule has 0 aliphatic rings. The third kappa shape index (κ3) is 6.13. The second kappa shape index (κ2) is 7.72. The molecule has 5 heteroatoms. The molecule has 0 saturated carbocycles. The van der Waals surface area contributed by atoms with Crippen LogP contribution in [-0.4, -0.2) is 36.4 Å². The van der Waals surface area contributed by atoms with Gasteiger partial charge in [0.05, 0.1) is 13.3 Å². The van der Waals surface area contributed by atoms with Crippen molar-refractivity contribution in [1.82, 2.24) is 0 Å². The predicted molar refractivity (Wildman–Crippen MR) is 99.3 cm³/mol. The Morgan fingerprint density at radius 1 is 0.950 bits per heavy atom. The molecule has 0 aromatic carbocycles. The van der Waals surface area contributed by atoms with E-state index in [0.29, 0.717) is 5.73 Å². The first kappa shape index (κ1) is 20.6. The van der Waals surface area contributed by atoms with Gasteiger partial charge >= 0.3 is 0 Å². The van der Waals surface area contributed by atoms with E-state index >= 15 is 0 Å². The fraction of sp³-hybridized carbons (Fsp3) is 1.00. The van der Waals surface area contributed by atoms with Gasteiger partial charge in [0.1, 0.15) is 0 Å². The quantitative estimate of drug-likeness (QED) is 0.555. The van der Waals surface area contributed by atoms with Crippen LogP contribution in [0.3, 0.4) is 0 Å². The maximum Gasteiger partial charge on any atom is 0.204 e. The maximum atomic E-state index is 6.66. The second-order valence-corrected chi connectivity index (χ2v) is 20.4. The Morgan fingerprint density at radius 2 is 1.40 bits per heavy atom. The first-order chi connectivity index (χ1) is 8.91. The Balaban J connectivity index is 5.11. The van der Waals surface area contributed by atoms with Crippen molar-refractivity contribution in [2.75, 3.05) is 0 Å². The molecule has 0 aliphatic carbocycles. The normalized spacial score (nSPS) is 17.1. The molecule has 0 amide bonds. The van der Waals surface area contributed by atoms with E-state index in [1.165, 1.54) is 0 Å². The van der Waals surface area contributed by atoms with Crippen molar-refractivity contribution in [3.05, 3.63) is 0 Å². The molecule has 0 aromatic heterocycles. The van der Waals surface area contributed by atoms with E-state index in [4.69, 9.17) is 8.85 Å². The van der Waals surface area contributed by atoms with Crippen LogP contribution in [0.1, 0.15) is 40.0 Å². The molecule has 0 N–H and O–H groups in total. The minimum Gasteiger partial charge on any atom is -0.418 e. The lowest BCUT2D eigenvalue weighted by Gasteiger charge is -2.44. The number of hydrogen-bond donors (Lipinski definition) is 0. The lowest BCUT2D eigenvalue weighted by molar-refractivity contribution is 0.0986. The van der Waals surface area contributed by atoms with Crippen molar-refractivity contribution in [3.8, 4) is 0 Å². The van der Waals surface area contributed by atoms with Gasteiger partial charge in [-0.1, -0.05) is 40.4 Å². The summed E-state index contributed by atoms with van der Waals surface area (Å²) in [6.45, 7) is 23.3. The van der Waals surface area contributed by atoms with Crippen LogP contribution in [0.4, 0.5) is 0 Å². The van der Waals surface area contributed by atoms with Gasteiger partial charge in [0.25, 0.3) is 0 Å². The van der Waals surface area contributed by atoms with Gasteiger partial charge in [0, 0.05) is 5.73 Å². The highest BCUT2D eigenvalue weighted by molar-refractivity contribution is 6.78. The molecule has 0 aromatic rings. The summed E-state index contributed by atoms with van der Waals surface area (Å²) in [5, 5.41) is 0.0253. The monoisotopic (exact) mass is 334 g/mol. The van der Waals surface area contributed by atoms with Crippen molar-refractivity contribution < 1.29 is 8.85 Å². The highest BCUT2D eigenvalue weighted by Gasteiger charge is 2.42. The van der Waals surface area contributed by atoms with Crippen LogP contribution in [0.25, 0.3) is 0 Å². The van der Waals surface area contributed by atoms with Crippen molar-refractivity contribution in [1.29, 1.82) is 0 Å². The Hall–Kier alpha value is 0.571. The van der Waals surface area contributed by atoms with E-state index in [1.807, 2.05) is 0 Å². The zero-order valence-electron chi connectivity index (χ0n) is 15.6. The minimum absolute atomic E-state index is 0.0253. The molecule has 0 bridgehead atoms. The van der Waals surface area contributed by atoms with Gasteiger partial charge in [-0.25, -0.2) is 0 Å². The smallest absolute Gasteiger partial charge is 0.204 e.